The van der Waals surface area contributed by atoms with Crippen molar-refractivity contribution in [3.05, 3.63) is 40.6 Å². The van der Waals surface area contributed by atoms with Gasteiger partial charge in [-0.1, -0.05) is 12.1 Å². The van der Waals surface area contributed by atoms with Crippen LogP contribution in [0.5, 0.6) is 0 Å². The summed E-state index contributed by atoms with van der Waals surface area (Å²) in [6.45, 7) is 7.71. The van der Waals surface area contributed by atoms with E-state index in [-0.39, 0.29) is 0 Å². The topological polar surface area (TPSA) is 33.1 Å². The van der Waals surface area contributed by atoms with Gasteiger partial charge in [-0.2, -0.15) is 5.10 Å². The van der Waals surface area contributed by atoms with E-state index in [0.29, 0.717) is 5.92 Å². The third kappa shape index (κ3) is 2.55. The Kier molecular flexibility index (Phi) is 3.64. The number of piperidine rings is 1. The molecule has 3 heterocycles. The lowest BCUT2D eigenvalue weighted by Gasteiger charge is -2.29. The molecule has 4 heteroatoms. The zero-order valence-electron chi connectivity index (χ0n) is 14.4. The highest BCUT2D eigenvalue weighted by Gasteiger charge is 2.30. The maximum Gasteiger partial charge on any atom is 0.133 e. The monoisotopic (exact) mass is 310 g/mol. The van der Waals surface area contributed by atoms with Gasteiger partial charge in [0.2, 0.25) is 0 Å². The van der Waals surface area contributed by atoms with Crippen LogP contribution >= 0.6 is 0 Å². The predicted molar refractivity (Wildman–Crippen MR) is 94.7 cm³/mol. The number of hydrogen-bond acceptors (Lipinski definition) is 3. The van der Waals surface area contributed by atoms with Gasteiger partial charge in [-0.3, -0.25) is 0 Å². The molecule has 1 aromatic carbocycles. The fourth-order valence-electron chi connectivity index (χ4n) is 4.04. The van der Waals surface area contributed by atoms with E-state index in [9.17, 15) is 0 Å². The van der Waals surface area contributed by atoms with Gasteiger partial charge in [-0.05, 0) is 63.9 Å². The van der Waals surface area contributed by atoms with Gasteiger partial charge in [0.05, 0.1) is 11.4 Å². The van der Waals surface area contributed by atoms with E-state index >= 15 is 0 Å². The Morgan fingerprint density at radius 2 is 2.13 bits per heavy atom. The molecule has 0 aliphatic carbocycles. The van der Waals surface area contributed by atoms with Crippen molar-refractivity contribution in [1.82, 2.24) is 14.7 Å². The average Bonchev–Trinajstić information content (AvgIpc) is 3.12. The van der Waals surface area contributed by atoms with Gasteiger partial charge >= 0.3 is 0 Å². The van der Waals surface area contributed by atoms with Crippen LogP contribution in [-0.4, -0.2) is 41.4 Å². The van der Waals surface area contributed by atoms with Crippen LogP contribution in [0.1, 0.15) is 41.1 Å². The van der Waals surface area contributed by atoms with Crippen LogP contribution in [0, 0.1) is 13.8 Å². The molecule has 4 rings (SSSR count). The van der Waals surface area contributed by atoms with Crippen LogP contribution in [-0.2, 0) is 6.42 Å². The number of nitrogens with zero attached hydrogens (tertiary/aromatic N) is 3. The summed E-state index contributed by atoms with van der Waals surface area (Å²) in [5.74, 6) is 1.80. The molecule has 1 N–H and O–H groups in total. The van der Waals surface area contributed by atoms with E-state index in [1.54, 1.807) is 0 Å². The molecule has 122 valence electrons. The minimum Gasteiger partial charge on any atom is -0.369 e. The molecule has 1 aromatic heterocycles. The molecule has 0 spiro atoms. The summed E-state index contributed by atoms with van der Waals surface area (Å²) < 4.78 is 2.16. The molecular formula is C19H26N4. The highest BCUT2D eigenvalue weighted by molar-refractivity contribution is 5.59. The first-order valence-corrected chi connectivity index (χ1v) is 8.75. The predicted octanol–water partition coefficient (Wildman–Crippen LogP) is 3.27. The van der Waals surface area contributed by atoms with Gasteiger partial charge < -0.3 is 10.2 Å². The number of rotatable bonds is 2. The summed E-state index contributed by atoms with van der Waals surface area (Å²) in [4.78, 5) is 2.44. The fraction of sp³-hybridized carbons (Fsp3) is 0.526. The number of aromatic nitrogens is 2. The van der Waals surface area contributed by atoms with Crippen LogP contribution in [0.15, 0.2) is 18.2 Å². The summed E-state index contributed by atoms with van der Waals surface area (Å²) in [5.41, 5.74) is 6.56. The third-order valence-electron chi connectivity index (χ3n) is 5.29. The second kappa shape index (κ2) is 5.68. The van der Waals surface area contributed by atoms with E-state index in [2.05, 4.69) is 54.0 Å². The third-order valence-corrected chi connectivity index (χ3v) is 5.29. The first-order valence-electron chi connectivity index (χ1n) is 8.75. The number of likely N-dealkylation sites (tertiary alicyclic amines) is 1. The van der Waals surface area contributed by atoms with E-state index in [4.69, 9.17) is 5.10 Å². The van der Waals surface area contributed by atoms with Crippen molar-refractivity contribution < 1.29 is 0 Å². The normalized spacial score (nSPS) is 21.3. The maximum absolute atomic E-state index is 5.09. The Bertz CT molecular complexity index is 731. The average molecular weight is 310 g/mol. The largest absolute Gasteiger partial charge is 0.369 e. The van der Waals surface area contributed by atoms with Crippen LogP contribution in [0.3, 0.4) is 0 Å². The van der Waals surface area contributed by atoms with Crippen molar-refractivity contribution in [2.24, 2.45) is 0 Å². The number of fused-ring (bicyclic) bond motifs is 1. The molecule has 2 aliphatic rings. The van der Waals surface area contributed by atoms with Crippen molar-refractivity contribution >= 4 is 5.82 Å². The number of hydrogen-bond donors (Lipinski definition) is 1. The molecule has 0 bridgehead atoms. The number of nitrogens with one attached hydrogen (secondary N) is 1. The van der Waals surface area contributed by atoms with Crippen molar-refractivity contribution in [1.29, 1.82) is 0 Å². The Morgan fingerprint density at radius 1 is 1.26 bits per heavy atom. The quantitative estimate of drug-likeness (QED) is 0.924. The lowest BCUT2D eigenvalue weighted by molar-refractivity contribution is 0.247. The Labute approximate surface area is 138 Å². The minimum absolute atomic E-state index is 0.578. The maximum atomic E-state index is 5.09. The highest BCUT2D eigenvalue weighted by atomic mass is 15.3. The smallest absolute Gasteiger partial charge is 0.133 e. The summed E-state index contributed by atoms with van der Waals surface area (Å²) in [6.07, 6.45) is 3.65. The molecule has 1 unspecified atom stereocenters. The van der Waals surface area contributed by atoms with Crippen molar-refractivity contribution in [3.8, 4) is 5.69 Å². The van der Waals surface area contributed by atoms with Crippen LogP contribution in [0.25, 0.3) is 5.69 Å². The Morgan fingerprint density at radius 3 is 2.96 bits per heavy atom. The van der Waals surface area contributed by atoms with Crippen LogP contribution in [0.4, 0.5) is 5.82 Å². The molecule has 0 radical (unpaired) electrons. The minimum atomic E-state index is 0.578. The first-order chi connectivity index (χ1) is 11.1. The molecule has 1 saturated heterocycles. The SMILES string of the molecule is Cc1ccc(C)c(-n2nc(C3CCCN(C)C3)c3c2NCC3)c1. The van der Waals surface area contributed by atoms with E-state index in [0.717, 1.165) is 19.5 Å². The molecule has 23 heavy (non-hydrogen) atoms. The zero-order chi connectivity index (χ0) is 16.0. The lowest BCUT2D eigenvalue weighted by Crippen LogP contribution is -2.31. The molecule has 2 aliphatic heterocycles. The van der Waals surface area contributed by atoms with Gasteiger partial charge in [0.1, 0.15) is 5.82 Å². The van der Waals surface area contributed by atoms with Gasteiger partial charge in [0.15, 0.2) is 0 Å². The second-order valence-electron chi connectivity index (χ2n) is 7.19. The lowest BCUT2D eigenvalue weighted by atomic mass is 9.92. The van der Waals surface area contributed by atoms with Crippen molar-refractivity contribution in [2.45, 2.75) is 39.0 Å². The number of likely N-dealkylation sites (N-methyl/N-ethyl adjacent to an activating group) is 1. The summed E-state index contributed by atoms with van der Waals surface area (Å²) in [6, 6.07) is 6.62. The fourth-order valence-corrected chi connectivity index (χ4v) is 4.04. The Balaban J connectivity index is 1.80. The molecule has 0 amide bonds. The molecule has 1 atom stereocenters. The molecule has 4 nitrogen and oxygen atoms in total. The van der Waals surface area contributed by atoms with Crippen molar-refractivity contribution in [3.63, 3.8) is 0 Å². The Hall–Kier alpha value is -1.81. The molecular weight excluding hydrogens is 284 g/mol. The van der Waals surface area contributed by atoms with Crippen LogP contribution in [0.2, 0.25) is 0 Å². The van der Waals surface area contributed by atoms with E-state index in [1.807, 2.05) is 0 Å². The number of benzene rings is 1. The van der Waals surface area contributed by atoms with Crippen molar-refractivity contribution in [2.75, 3.05) is 32.0 Å². The standard InChI is InChI=1S/C19H26N4/c1-13-6-7-14(2)17(11-13)23-19-16(8-9-20-19)18(21-23)15-5-4-10-22(3)12-15/h6-7,11,15,20H,4-5,8-10,12H2,1-3H3. The van der Waals surface area contributed by atoms with E-state index in [1.165, 1.54) is 53.3 Å². The first kappa shape index (κ1) is 14.8. The van der Waals surface area contributed by atoms with E-state index < -0.39 is 0 Å². The zero-order valence-corrected chi connectivity index (χ0v) is 14.4. The van der Waals surface area contributed by atoms with Gasteiger partial charge in [-0.25, -0.2) is 4.68 Å². The van der Waals surface area contributed by atoms with Gasteiger partial charge in [0, 0.05) is 24.6 Å². The molecule has 0 saturated carbocycles. The summed E-state index contributed by atoms with van der Waals surface area (Å²) in [5, 5.41) is 8.66. The number of aryl methyl sites for hydroxylation is 2. The van der Waals surface area contributed by atoms with Gasteiger partial charge in [0.25, 0.3) is 0 Å². The molecule has 1 fully saturated rings. The summed E-state index contributed by atoms with van der Waals surface area (Å²) >= 11 is 0. The van der Waals surface area contributed by atoms with Crippen LogP contribution < -0.4 is 5.32 Å². The highest BCUT2D eigenvalue weighted by Crippen LogP contribution is 2.36. The number of anilines is 1. The van der Waals surface area contributed by atoms with Gasteiger partial charge in [-0.15, -0.1) is 0 Å². The molecule has 2 aromatic rings. The summed E-state index contributed by atoms with van der Waals surface area (Å²) in [7, 11) is 2.23. The second-order valence-corrected chi connectivity index (χ2v) is 7.19.